The number of anilines is 1. The Labute approximate surface area is 193 Å². The van der Waals surface area contributed by atoms with Crippen molar-refractivity contribution >= 4 is 23.2 Å². The molecule has 166 valence electrons. The van der Waals surface area contributed by atoms with Crippen LogP contribution in [-0.4, -0.2) is 53.9 Å². The number of likely N-dealkylation sites (N-methyl/N-ethyl adjacent to an activating group) is 1. The summed E-state index contributed by atoms with van der Waals surface area (Å²) in [6.07, 6.45) is 1.72. The number of nitrogens with zero attached hydrogens (tertiary/aromatic N) is 3. The highest BCUT2D eigenvalue weighted by molar-refractivity contribution is 6.32. The number of pyridine rings is 1. The molecule has 1 amide bonds. The Bertz CT molecular complexity index is 1040. The second-order valence-electron chi connectivity index (χ2n) is 7.99. The zero-order chi connectivity index (χ0) is 22.3. The van der Waals surface area contributed by atoms with E-state index >= 15 is 0 Å². The molecule has 0 bridgehead atoms. The van der Waals surface area contributed by atoms with Crippen LogP contribution in [0.2, 0.25) is 5.02 Å². The molecular weight excluding hydrogens is 424 g/mol. The molecule has 2 heterocycles. The molecule has 6 nitrogen and oxygen atoms in total. The summed E-state index contributed by atoms with van der Waals surface area (Å²) in [6.45, 7) is 5.56. The smallest absolute Gasteiger partial charge is 0.255 e. The van der Waals surface area contributed by atoms with E-state index in [1.807, 2.05) is 42.5 Å². The van der Waals surface area contributed by atoms with E-state index in [2.05, 4.69) is 27.1 Å². The van der Waals surface area contributed by atoms with E-state index < -0.39 is 0 Å². The van der Waals surface area contributed by atoms with Crippen molar-refractivity contribution < 1.29 is 9.53 Å². The Hall–Kier alpha value is -2.93. The molecule has 0 saturated carbocycles. The van der Waals surface area contributed by atoms with Gasteiger partial charge >= 0.3 is 0 Å². The van der Waals surface area contributed by atoms with Gasteiger partial charge in [-0.1, -0.05) is 29.8 Å². The molecule has 1 aromatic heterocycles. The molecule has 1 N–H and O–H groups in total. The largest absolute Gasteiger partial charge is 0.486 e. The first-order chi connectivity index (χ1) is 15.6. The lowest BCUT2D eigenvalue weighted by Crippen LogP contribution is -2.43. The summed E-state index contributed by atoms with van der Waals surface area (Å²) < 4.78 is 5.74. The first-order valence-corrected chi connectivity index (χ1v) is 11.1. The lowest BCUT2D eigenvalue weighted by atomic mass is 10.1. The van der Waals surface area contributed by atoms with E-state index in [1.165, 1.54) is 5.56 Å². The molecule has 0 radical (unpaired) electrons. The van der Waals surface area contributed by atoms with Gasteiger partial charge < -0.3 is 15.0 Å². The van der Waals surface area contributed by atoms with E-state index in [0.29, 0.717) is 28.6 Å². The van der Waals surface area contributed by atoms with Crippen LogP contribution in [0.1, 0.15) is 21.6 Å². The van der Waals surface area contributed by atoms with Crippen molar-refractivity contribution in [1.82, 2.24) is 14.8 Å². The molecule has 0 unspecified atom stereocenters. The van der Waals surface area contributed by atoms with Gasteiger partial charge in [0.25, 0.3) is 5.91 Å². The number of hydrogen-bond donors (Lipinski definition) is 1. The van der Waals surface area contributed by atoms with Gasteiger partial charge in [0.05, 0.1) is 10.7 Å². The number of piperazine rings is 1. The third-order valence-electron chi connectivity index (χ3n) is 5.51. The molecule has 2 aromatic carbocycles. The number of carbonyl (C=O) groups excluding carboxylic acids is 1. The summed E-state index contributed by atoms with van der Waals surface area (Å²) in [5.41, 5.74) is 3.26. The maximum absolute atomic E-state index is 12.6. The maximum atomic E-state index is 12.6. The number of rotatable bonds is 7. The highest BCUT2D eigenvalue weighted by atomic mass is 35.5. The molecule has 1 aliphatic heterocycles. The Morgan fingerprint density at radius 2 is 1.84 bits per heavy atom. The number of halogens is 1. The Kier molecular flexibility index (Phi) is 7.37. The van der Waals surface area contributed by atoms with E-state index in [-0.39, 0.29) is 5.91 Å². The lowest BCUT2D eigenvalue weighted by Gasteiger charge is -2.32. The summed E-state index contributed by atoms with van der Waals surface area (Å²) in [5.74, 6) is 0.373. The van der Waals surface area contributed by atoms with Gasteiger partial charge in [-0.05, 0) is 55.1 Å². The average Bonchev–Trinajstić information content (AvgIpc) is 2.81. The van der Waals surface area contributed by atoms with Crippen LogP contribution in [0, 0.1) is 0 Å². The fourth-order valence-corrected chi connectivity index (χ4v) is 3.79. The SMILES string of the molecule is CN1CCN(Cc2ccc(C(=O)Nc3ccc(OCc4ccccn4)c(Cl)c3)cc2)CC1. The van der Waals surface area contributed by atoms with Gasteiger partial charge in [0.1, 0.15) is 12.4 Å². The van der Waals surface area contributed by atoms with Crippen molar-refractivity contribution in [2.24, 2.45) is 0 Å². The van der Waals surface area contributed by atoms with Crippen LogP contribution in [0.5, 0.6) is 5.75 Å². The van der Waals surface area contributed by atoms with Gasteiger partial charge in [0.15, 0.2) is 0 Å². The monoisotopic (exact) mass is 450 g/mol. The maximum Gasteiger partial charge on any atom is 0.255 e. The number of carbonyl (C=O) groups is 1. The summed E-state index contributed by atoms with van der Waals surface area (Å²) in [5, 5.41) is 3.33. The molecule has 0 atom stereocenters. The molecule has 1 saturated heterocycles. The minimum Gasteiger partial charge on any atom is -0.486 e. The Morgan fingerprint density at radius 1 is 1.06 bits per heavy atom. The summed E-state index contributed by atoms with van der Waals surface area (Å²) >= 11 is 6.34. The molecule has 4 rings (SSSR count). The van der Waals surface area contributed by atoms with Gasteiger partial charge in [-0.15, -0.1) is 0 Å². The number of benzene rings is 2. The standard InChI is InChI=1S/C25H27ClN4O2/c1-29-12-14-30(15-13-29)17-19-5-7-20(8-6-19)25(31)28-21-9-10-24(23(26)16-21)32-18-22-4-2-3-11-27-22/h2-11,16H,12-15,17-18H2,1H3,(H,28,31). The summed E-state index contributed by atoms with van der Waals surface area (Å²) in [4.78, 5) is 21.7. The van der Waals surface area contributed by atoms with Crippen LogP contribution in [-0.2, 0) is 13.2 Å². The van der Waals surface area contributed by atoms with Gasteiger partial charge in [-0.25, -0.2) is 0 Å². The first kappa shape index (κ1) is 22.3. The second kappa shape index (κ2) is 10.6. The van der Waals surface area contributed by atoms with Crippen LogP contribution < -0.4 is 10.1 Å². The van der Waals surface area contributed by atoms with Crippen LogP contribution in [0.25, 0.3) is 0 Å². The number of aromatic nitrogens is 1. The predicted molar refractivity (Wildman–Crippen MR) is 127 cm³/mol. The quantitative estimate of drug-likeness (QED) is 0.581. The third-order valence-corrected chi connectivity index (χ3v) is 5.81. The molecule has 7 heteroatoms. The van der Waals surface area contributed by atoms with Crippen molar-refractivity contribution in [3.05, 3.63) is 88.7 Å². The average molecular weight is 451 g/mol. The molecule has 3 aromatic rings. The van der Waals surface area contributed by atoms with Crippen molar-refractivity contribution in [2.45, 2.75) is 13.2 Å². The van der Waals surface area contributed by atoms with Crippen molar-refractivity contribution in [3.63, 3.8) is 0 Å². The van der Waals surface area contributed by atoms with Crippen LogP contribution >= 0.6 is 11.6 Å². The van der Waals surface area contributed by atoms with Crippen LogP contribution in [0.4, 0.5) is 5.69 Å². The summed E-state index contributed by atoms with van der Waals surface area (Å²) in [7, 11) is 2.15. The van der Waals surface area contributed by atoms with E-state index in [0.717, 1.165) is 38.4 Å². The Balaban J connectivity index is 1.31. The molecule has 1 aliphatic rings. The molecule has 1 fully saturated rings. The summed E-state index contributed by atoms with van der Waals surface area (Å²) in [6, 6.07) is 18.6. The molecule has 0 spiro atoms. The second-order valence-corrected chi connectivity index (χ2v) is 8.39. The molecule has 32 heavy (non-hydrogen) atoms. The minimum atomic E-state index is -0.172. The number of ether oxygens (including phenoxy) is 1. The molecule has 0 aliphatic carbocycles. The van der Waals surface area contributed by atoms with Gasteiger partial charge in [0, 0.05) is 50.2 Å². The van der Waals surface area contributed by atoms with Gasteiger partial charge in [-0.2, -0.15) is 0 Å². The van der Waals surface area contributed by atoms with Crippen LogP contribution in [0.15, 0.2) is 66.9 Å². The lowest BCUT2D eigenvalue weighted by molar-refractivity contribution is 0.102. The van der Waals surface area contributed by atoms with Crippen molar-refractivity contribution in [2.75, 3.05) is 38.5 Å². The van der Waals surface area contributed by atoms with Crippen LogP contribution in [0.3, 0.4) is 0 Å². The van der Waals surface area contributed by atoms with E-state index in [9.17, 15) is 4.79 Å². The third kappa shape index (κ3) is 6.07. The fraction of sp³-hybridized carbons (Fsp3) is 0.280. The zero-order valence-corrected chi connectivity index (χ0v) is 18.9. The molecular formula is C25H27ClN4O2. The minimum absolute atomic E-state index is 0.172. The van der Waals surface area contributed by atoms with E-state index in [1.54, 1.807) is 24.4 Å². The van der Waals surface area contributed by atoms with Gasteiger partial charge in [0.2, 0.25) is 0 Å². The number of nitrogens with one attached hydrogen (secondary N) is 1. The highest BCUT2D eigenvalue weighted by Gasteiger charge is 2.14. The predicted octanol–water partition coefficient (Wildman–Crippen LogP) is 4.31. The topological polar surface area (TPSA) is 57.7 Å². The fourth-order valence-electron chi connectivity index (χ4n) is 3.56. The highest BCUT2D eigenvalue weighted by Crippen LogP contribution is 2.28. The number of hydrogen-bond acceptors (Lipinski definition) is 5. The zero-order valence-electron chi connectivity index (χ0n) is 18.1. The number of amides is 1. The van der Waals surface area contributed by atoms with Gasteiger partial charge in [-0.3, -0.25) is 14.7 Å². The Morgan fingerprint density at radius 3 is 2.53 bits per heavy atom. The normalized spacial score (nSPS) is 14.8. The van der Waals surface area contributed by atoms with Crippen molar-refractivity contribution in [1.29, 1.82) is 0 Å². The first-order valence-electron chi connectivity index (χ1n) is 10.7. The van der Waals surface area contributed by atoms with E-state index in [4.69, 9.17) is 16.3 Å². The van der Waals surface area contributed by atoms with Crippen molar-refractivity contribution in [3.8, 4) is 5.75 Å².